The Morgan fingerprint density at radius 1 is 0.909 bits per heavy atom. The molecule has 238 valence electrons. The monoisotopic (exact) mass is 621 g/mol. The van der Waals surface area contributed by atoms with Crippen LogP contribution < -0.4 is 0 Å². The molecule has 1 heterocycles. The van der Waals surface area contributed by atoms with Gasteiger partial charge in [0.15, 0.2) is 0 Å². The molecule has 0 radical (unpaired) electrons. The van der Waals surface area contributed by atoms with E-state index in [1.165, 1.54) is 10.5 Å². The third-order valence-corrected chi connectivity index (χ3v) is 9.69. The van der Waals surface area contributed by atoms with Crippen molar-refractivity contribution in [2.75, 3.05) is 45.8 Å². The smallest absolute Gasteiger partial charge is 0.337 e. The predicted octanol–water partition coefficient (Wildman–Crippen LogP) is 6.55. The first-order valence-corrected chi connectivity index (χ1v) is 14.9. The zero-order valence-electron chi connectivity index (χ0n) is 24.8. The van der Waals surface area contributed by atoms with Crippen LogP contribution in [-0.4, -0.2) is 72.3 Å². The SMILES string of the molecule is CC1(C)C2CC=C(CN(CCN3CCN(C(=O)c4cc(C(F)(F)F)cc(C(F)(F)F)c4)CC3)C(=O)Cc3ccccc3)C1C2. The Morgan fingerprint density at radius 3 is 2.07 bits per heavy atom. The first-order chi connectivity index (χ1) is 20.6. The number of piperazine rings is 1. The van der Waals surface area contributed by atoms with E-state index in [4.69, 9.17) is 0 Å². The Labute approximate surface area is 253 Å². The van der Waals surface area contributed by atoms with Crippen LogP contribution in [0.25, 0.3) is 0 Å². The molecule has 2 bridgehead atoms. The molecular weight excluding hydrogens is 584 g/mol. The summed E-state index contributed by atoms with van der Waals surface area (Å²) in [7, 11) is 0. The first-order valence-electron chi connectivity index (χ1n) is 14.9. The van der Waals surface area contributed by atoms with Crippen molar-refractivity contribution in [3.05, 3.63) is 82.4 Å². The van der Waals surface area contributed by atoms with E-state index >= 15 is 0 Å². The average molecular weight is 622 g/mol. The van der Waals surface area contributed by atoms with Gasteiger partial charge in [0.2, 0.25) is 5.91 Å². The van der Waals surface area contributed by atoms with Gasteiger partial charge >= 0.3 is 12.4 Å². The summed E-state index contributed by atoms with van der Waals surface area (Å²) in [6.07, 6.45) is -5.32. The molecular formula is C33H37F6N3O2. The average Bonchev–Trinajstić information content (AvgIpc) is 2.98. The van der Waals surface area contributed by atoms with Crippen molar-refractivity contribution in [1.82, 2.24) is 14.7 Å². The second-order valence-electron chi connectivity index (χ2n) is 12.7. The lowest BCUT2D eigenvalue weighted by Crippen LogP contribution is -2.52. The van der Waals surface area contributed by atoms with Gasteiger partial charge < -0.3 is 9.80 Å². The highest BCUT2D eigenvalue weighted by molar-refractivity contribution is 5.94. The van der Waals surface area contributed by atoms with E-state index in [-0.39, 0.29) is 36.9 Å². The Hall–Kier alpha value is -3.34. The molecule has 0 spiro atoms. The predicted molar refractivity (Wildman–Crippen MR) is 154 cm³/mol. The van der Waals surface area contributed by atoms with Gasteiger partial charge in [-0.15, -0.1) is 0 Å². The van der Waals surface area contributed by atoms with Crippen molar-refractivity contribution in [1.29, 1.82) is 0 Å². The van der Waals surface area contributed by atoms with Crippen LogP contribution in [0.1, 0.15) is 53.7 Å². The molecule has 44 heavy (non-hydrogen) atoms. The van der Waals surface area contributed by atoms with E-state index in [0.717, 1.165) is 18.4 Å². The van der Waals surface area contributed by atoms with Crippen LogP contribution in [0.5, 0.6) is 0 Å². The van der Waals surface area contributed by atoms with E-state index in [0.29, 0.717) is 56.7 Å². The van der Waals surface area contributed by atoms with Gasteiger partial charge in [-0.2, -0.15) is 26.3 Å². The van der Waals surface area contributed by atoms with Gasteiger partial charge in [-0.1, -0.05) is 55.8 Å². The number of rotatable bonds is 8. The van der Waals surface area contributed by atoms with Gasteiger partial charge in [-0.25, -0.2) is 0 Å². The van der Waals surface area contributed by atoms with E-state index in [1.54, 1.807) is 0 Å². The Kier molecular flexibility index (Phi) is 8.90. The maximum Gasteiger partial charge on any atom is 0.416 e. The van der Waals surface area contributed by atoms with Crippen LogP contribution in [0.3, 0.4) is 0 Å². The van der Waals surface area contributed by atoms with E-state index in [1.807, 2.05) is 35.2 Å². The zero-order valence-corrected chi connectivity index (χ0v) is 24.8. The number of allylic oxidation sites excluding steroid dienone is 1. The number of hydrogen-bond acceptors (Lipinski definition) is 3. The molecule has 2 atom stereocenters. The van der Waals surface area contributed by atoms with E-state index in [9.17, 15) is 35.9 Å². The molecule has 1 aliphatic heterocycles. The van der Waals surface area contributed by atoms with Crippen molar-refractivity contribution in [3.63, 3.8) is 0 Å². The van der Waals surface area contributed by atoms with Crippen molar-refractivity contribution < 1.29 is 35.9 Å². The minimum atomic E-state index is -5.03. The summed E-state index contributed by atoms with van der Waals surface area (Å²) in [5, 5.41) is 0. The van der Waals surface area contributed by atoms with Crippen molar-refractivity contribution in [2.24, 2.45) is 17.3 Å². The fourth-order valence-corrected chi connectivity index (χ4v) is 6.75. The number of benzene rings is 2. The topological polar surface area (TPSA) is 43.9 Å². The Bertz CT molecular complexity index is 1360. The van der Waals surface area contributed by atoms with Crippen LogP contribution in [0.15, 0.2) is 60.2 Å². The largest absolute Gasteiger partial charge is 0.416 e. The normalized spacial score (nSPS) is 21.8. The number of carbonyl (C=O) groups is 2. The zero-order chi connectivity index (χ0) is 31.9. The summed E-state index contributed by atoms with van der Waals surface area (Å²) in [6, 6.07) is 10.5. The van der Waals surface area contributed by atoms with Crippen LogP contribution in [0.4, 0.5) is 26.3 Å². The summed E-state index contributed by atoms with van der Waals surface area (Å²) < 4.78 is 79.8. The number of fused-ring (bicyclic) bond motifs is 1. The molecule has 1 saturated carbocycles. The van der Waals surface area contributed by atoms with Gasteiger partial charge in [0, 0.05) is 51.4 Å². The molecule has 2 aromatic rings. The fraction of sp³-hybridized carbons (Fsp3) is 0.515. The summed E-state index contributed by atoms with van der Waals surface area (Å²) in [5.41, 5.74) is -1.21. The lowest BCUT2D eigenvalue weighted by Gasteiger charge is -2.57. The van der Waals surface area contributed by atoms with Gasteiger partial charge in [-0.3, -0.25) is 14.5 Å². The Balaban J connectivity index is 1.22. The van der Waals surface area contributed by atoms with Crippen LogP contribution in [0, 0.1) is 17.3 Å². The quantitative estimate of drug-likeness (QED) is 0.248. The molecule has 3 aliphatic carbocycles. The van der Waals surface area contributed by atoms with E-state index < -0.39 is 35.0 Å². The molecule has 6 rings (SSSR count). The second-order valence-corrected chi connectivity index (χ2v) is 12.7. The molecule has 0 aromatic heterocycles. The van der Waals surface area contributed by atoms with Crippen LogP contribution >= 0.6 is 0 Å². The van der Waals surface area contributed by atoms with Crippen LogP contribution in [0.2, 0.25) is 0 Å². The van der Waals surface area contributed by atoms with Crippen LogP contribution in [-0.2, 0) is 23.6 Å². The summed E-state index contributed by atoms with van der Waals surface area (Å²) in [5.74, 6) is 0.290. The number of amides is 2. The summed E-state index contributed by atoms with van der Waals surface area (Å²) in [4.78, 5) is 31.8. The van der Waals surface area contributed by atoms with Gasteiger partial charge in [0.1, 0.15) is 0 Å². The standard InChI is InChI=1S/C33H37F6N3O2/c1-31(2)25-9-8-23(28(31)20-25)21-42(29(43)16-22-6-4-3-5-7-22)15-12-40-10-13-41(14-11-40)30(44)24-17-26(32(34,35)36)19-27(18-24)33(37,38)39/h3-8,17-19,25,28H,9-16,20-21H2,1-2H3. The molecule has 2 unspecified atom stereocenters. The number of halogens is 6. The van der Waals surface area contributed by atoms with Crippen molar-refractivity contribution in [2.45, 2.75) is 45.5 Å². The summed E-state index contributed by atoms with van der Waals surface area (Å²) >= 11 is 0. The fourth-order valence-electron chi connectivity index (χ4n) is 6.75. The molecule has 1 saturated heterocycles. The maximum absolute atomic E-state index is 13.5. The molecule has 2 aromatic carbocycles. The summed E-state index contributed by atoms with van der Waals surface area (Å²) in [6.45, 7) is 7.22. The third-order valence-electron chi connectivity index (χ3n) is 9.69. The van der Waals surface area contributed by atoms with Crippen molar-refractivity contribution >= 4 is 11.8 Å². The van der Waals surface area contributed by atoms with Gasteiger partial charge in [-0.05, 0) is 53.9 Å². The van der Waals surface area contributed by atoms with Crippen molar-refractivity contribution in [3.8, 4) is 0 Å². The minimum absolute atomic E-state index is 0.0210. The highest BCUT2D eigenvalue weighted by atomic mass is 19.4. The highest BCUT2D eigenvalue weighted by Crippen LogP contribution is 2.59. The minimum Gasteiger partial charge on any atom is -0.337 e. The third kappa shape index (κ3) is 6.98. The molecule has 0 N–H and O–H groups in total. The second kappa shape index (κ2) is 12.2. The van der Waals surface area contributed by atoms with E-state index in [2.05, 4.69) is 24.8 Å². The number of carbonyl (C=O) groups excluding carboxylic acids is 2. The number of alkyl halides is 6. The van der Waals surface area contributed by atoms with Gasteiger partial charge in [0.05, 0.1) is 17.5 Å². The molecule has 2 fully saturated rings. The molecule has 5 nitrogen and oxygen atoms in total. The lowest BCUT2D eigenvalue weighted by atomic mass is 9.49. The maximum atomic E-state index is 13.5. The number of nitrogens with zero attached hydrogens (tertiary/aromatic N) is 3. The molecule has 2 amide bonds. The van der Waals surface area contributed by atoms with Gasteiger partial charge in [0.25, 0.3) is 5.91 Å². The first kappa shape index (κ1) is 32.1. The molecule has 4 aliphatic rings. The highest BCUT2D eigenvalue weighted by Gasteiger charge is 2.51. The lowest BCUT2D eigenvalue weighted by molar-refractivity contribution is -0.143. The molecule has 11 heteroatoms. The Morgan fingerprint density at radius 2 is 1.52 bits per heavy atom. The number of hydrogen-bond donors (Lipinski definition) is 0.